The molecule has 2 N–H and O–H groups in total. The lowest BCUT2D eigenvalue weighted by molar-refractivity contribution is 0.437. The lowest BCUT2D eigenvalue weighted by Crippen LogP contribution is -2.10. The Morgan fingerprint density at radius 3 is 2.89 bits per heavy atom. The smallest absolute Gasteiger partial charge is 0.184 e. The van der Waals surface area contributed by atoms with Crippen LogP contribution >= 0.6 is 0 Å². The van der Waals surface area contributed by atoms with Gasteiger partial charge in [-0.15, -0.1) is 5.10 Å². The molecule has 5 heteroatoms. The van der Waals surface area contributed by atoms with Gasteiger partial charge in [-0.3, -0.25) is 0 Å². The van der Waals surface area contributed by atoms with E-state index in [9.17, 15) is 0 Å². The fourth-order valence-electron chi connectivity index (χ4n) is 2.17. The van der Waals surface area contributed by atoms with Gasteiger partial charge in [0.15, 0.2) is 5.82 Å². The topological polar surface area (TPSA) is 69.6 Å². The first kappa shape index (κ1) is 13.5. The summed E-state index contributed by atoms with van der Waals surface area (Å²) < 4.78 is 1.88. The molecule has 0 aliphatic heterocycles. The first-order valence-corrected chi connectivity index (χ1v) is 6.78. The SMILES string of the molecule is CCCCC(C)n1nnnc1-c1cccc(C)c1N. The number of tetrazole rings is 1. The number of aryl methyl sites for hydroxylation is 1. The summed E-state index contributed by atoms with van der Waals surface area (Å²) in [5.74, 6) is 0.754. The van der Waals surface area contributed by atoms with Gasteiger partial charge < -0.3 is 5.73 Å². The normalized spacial score (nSPS) is 12.6. The molecule has 2 aromatic rings. The second-order valence-electron chi connectivity index (χ2n) is 4.97. The van der Waals surface area contributed by atoms with Gasteiger partial charge in [0, 0.05) is 11.3 Å². The molecular weight excluding hydrogens is 238 g/mol. The number of hydrogen-bond donors (Lipinski definition) is 1. The summed E-state index contributed by atoms with van der Waals surface area (Å²) >= 11 is 0. The Labute approximate surface area is 113 Å². The van der Waals surface area contributed by atoms with Crippen molar-refractivity contribution in [2.75, 3.05) is 5.73 Å². The van der Waals surface area contributed by atoms with Gasteiger partial charge in [-0.1, -0.05) is 31.9 Å². The van der Waals surface area contributed by atoms with Crippen molar-refractivity contribution in [2.24, 2.45) is 0 Å². The van der Waals surface area contributed by atoms with E-state index in [4.69, 9.17) is 5.73 Å². The van der Waals surface area contributed by atoms with E-state index in [-0.39, 0.29) is 6.04 Å². The molecule has 1 unspecified atom stereocenters. The van der Waals surface area contributed by atoms with E-state index in [1.165, 1.54) is 12.8 Å². The Balaban J connectivity index is 2.36. The molecule has 5 nitrogen and oxygen atoms in total. The summed E-state index contributed by atoms with van der Waals surface area (Å²) in [6.45, 7) is 6.32. The van der Waals surface area contributed by atoms with Crippen molar-refractivity contribution in [3.63, 3.8) is 0 Å². The minimum Gasteiger partial charge on any atom is -0.398 e. The van der Waals surface area contributed by atoms with Crippen molar-refractivity contribution < 1.29 is 0 Å². The number of aromatic nitrogens is 4. The van der Waals surface area contributed by atoms with Gasteiger partial charge in [0.05, 0.1) is 6.04 Å². The first-order chi connectivity index (χ1) is 9.15. The van der Waals surface area contributed by atoms with Gasteiger partial charge in [0.2, 0.25) is 0 Å². The van der Waals surface area contributed by atoms with Crippen LogP contribution in [0, 0.1) is 6.92 Å². The maximum Gasteiger partial charge on any atom is 0.184 e. The van der Waals surface area contributed by atoms with Crippen LogP contribution in [0.2, 0.25) is 0 Å². The molecule has 0 amide bonds. The number of nitrogens with two attached hydrogens (primary N) is 1. The monoisotopic (exact) mass is 259 g/mol. The van der Waals surface area contributed by atoms with Gasteiger partial charge in [-0.25, -0.2) is 4.68 Å². The van der Waals surface area contributed by atoms with Crippen LogP contribution in [-0.2, 0) is 0 Å². The standard InChI is InChI=1S/C14H21N5/c1-4-5-8-11(3)19-14(16-17-18-19)12-9-6-7-10(2)13(12)15/h6-7,9,11H,4-5,8,15H2,1-3H3. The third kappa shape index (κ3) is 2.75. The predicted molar refractivity (Wildman–Crippen MR) is 76.6 cm³/mol. The van der Waals surface area contributed by atoms with Crippen molar-refractivity contribution >= 4 is 5.69 Å². The highest BCUT2D eigenvalue weighted by atomic mass is 15.5. The van der Waals surface area contributed by atoms with Gasteiger partial charge in [0.1, 0.15) is 0 Å². The Morgan fingerprint density at radius 1 is 1.37 bits per heavy atom. The fourth-order valence-corrected chi connectivity index (χ4v) is 2.17. The molecule has 0 fully saturated rings. The Kier molecular flexibility index (Phi) is 4.14. The first-order valence-electron chi connectivity index (χ1n) is 6.78. The average molecular weight is 259 g/mol. The summed E-state index contributed by atoms with van der Waals surface area (Å²) in [4.78, 5) is 0. The molecule has 102 valence electrons. The van der Waals surface area contributed by atoms with Crippen LogP contribution in [0.5, 0.6) is 0 Å². The molecule has 0 spiro atoms. The Morgan fingerprint density at radius 2 is 2.16 bits per heavy atom. The summed E-state index contributed by atoms with van der Waals surface area (Å²) in [6.07, 6.45) is 3.42. The van der Waals surface area contributed by atoms with E-state index in [0.717, 1.165) is 29.1 Å². The van der Waals surface area contributed by atoms with Gasteiger partial charge in [-0.05, 0) is 42.3 Å². The second-order valence-corrected chi connectivity index (χ2v) is 4.97. The van der Waals surface area contributed by atoms with Crippen LogP contribution in [0.4, 0.5) is 5.69 Å². The van der Waals surface area contributed by atoms with E-state index >= 15 is 0 Å². The minimum absolute atomic E-state index is 0.282. The van der Waals surface area contributed by atoms with Gasteiger partial charge >= 0.3 is 0 Å². The number of nitrogens with zero attached hydrogens (tertiary/aromatic N) is 4. The average Bonchev–Trinajstić information content (AvgIpc) is 2.88. The van der Waals surface area contributed by atoms with Crippen LogP contribution in [0.25, 0.3) is 11.4 Å². The van der Waals surface area contributed by atoms with E-state index in [2.05, 4.69) is 29.4 Å². The third-order valence-corrected chi connectivity index (χ3v) is 3.45. The molecule has 1 atom stereocenters. The highest BCUT2D eigenvalue weighted by molar-refractivity contribution is 5.73. The maximum atomic E-state index is 6.13. The van der Waals surface area contributed by atoms with Crippen LogP contribution < -0.4 is 5.73 Å². The van der Waals surface area contributed by atoms with Crippen molar-refractivity contribution in [1.29, 1.82) is 0 Å². The molecule has 19 heavy (non-hydrogen) atoms. The molecule has 2 rings (SSSR count). The van der Waals surface area contributed by atoms with Crippen molar-refractivity contribution in [2.45, 2.75) is 46.1 Å². The number of rotatable bonds is 5. The molecule has 1 heterocycles. The molecule has 1 aromatic heterocycles. The zero-order valence-electron chi connectivity index (χ0n) is 11.8. The summed E-state index contributed by atoms with van der Waals surface area (Å²) in [5.41, 5.74) is 8.85. The lowest BCUT2D eigenvalue weighted by atomic mass is 10.1. The Bertz CT molecular complexity index is 547. The molecular formula is C14H21N5. The van der Waals surface area contributed by atoms with E-state index < -0.39 is 0 Å². The predicted octanol–water partition coefficient (Wildman–Crippen LogP) is 2.98. The molecule has 0 aliphatic rings. The number of para-hydroxylation sites is 1. The molecule has 0 saturated carbocycles. The largest absolute Gasteiger partial charge is 0.398 e. The molecule has 1 aromatic carbocycles. The van der Waals surface area contributed by atoms with Crippen molar-refractivity contribution in [1.82, 2.24) is 20.2 Å². The second kappa shape index (κ2) is 5.82. The highest BCUT2D eigenvalue weighted by Crippen LogP contribution is 2.28. The van der Waals surface area contributed by atoms with E-state index in [1.54, 1.807) is 0 Å². The van der Waals surface area contributed by atoms with Crippen molar-refractivity contribution in [3.8, 4) is 11.4 Å². The molecule has 0 bridgehead atoms. The van der Waals surface area contributed by atoms with Crippen LogP contribution in [0.15, 0.2) is 18.2 Å². The van der Waals surface area contributed by atoms with Crippen molar-refractivity contribution in [3.05, 3.63) is 23.8 Å². The number of unbranched alkanes of at least 4 members (excludes halogenated alkanes) is 1. The lowest BCUT2D eigenvalue weighted by Gasteiger charge is -2.14. The minimum atomic E-state index is 0.282. The van der Waals surface area contributed by atoms with Crippen LogP contribution in [0.1, 0.15) is 44.7 Å². The van der Waals surface area contributed by atoms with Gasteiger partial charge in [0.25, 0.3) is 0 Å². The quantitative estimate of drug-likeness (QED) is 0.838. The molecule has 0 saturated heterocycles. The number of hydrogen-bond acceptors (Lipinski definition) is 4. The molecule has 0 aliphatic carbocycles. The van der Waals surface area contributed by atoms with E-state index in [1.807, 2.05) is 29.8 Å². The summed E-state index contributed by atoms with van der Waals surface area (Å²) in [7, 11) is 0. The zero-order chi connectivity index (χ0) is 13.8. The summed E-state index contributed by atoms with van der Waals surface area (Å²) in [6, 6.07) is 6.23. The van der Waals surface area contributed by atoms with Gasteiger partial charge in [-0.2, -0.15) is 0 Å². The highest BCUT2D eigenvalue weighted by Gasteiger charge is 2.16. The number of nitrogen functional groups attached to an aromatic ring is 1. The fraction of sp³-hybridized carbons (Fsp3) is 0.500. The summed E-state index contributed by atoms with van der Waals surface area (Å²) in [5, 5.41) is 12.1. The van der Waals surface area contributed by atoms with E-state index in [0.29, 0.717) is 0 Å². The zero-order valence-corrected chi connectivity index (χ0v) is 11.8. The molecule has 0 radical (unpaired) electrons. The maximum absolute atomic E-state index is 6.13. The third-order valence-electron chi connectivity index (χ3n) is 3.45. The van der Waals surface area contributed by atoms with Crippen LogP contribution in [0.3, 0.4) is 0 Å². The van der Waals surface area contributed by atoms with Crippen LogP contribution in [-0.4, -0.2) is 20.2 Å². The number of benzene rings is 1. The number of anilines is 1. The Hall–Kier alpha value is -1.91.